The average Bonchev–Trinajstić information content (AvgIpc) is 2.64. The maximum Gasteiger partial charge on any atom is 0.242 e. The molecule has 0 saturated carbocycles. The van der Waals surface area contributed by atoms with E-state index in [2.05, 4.69) is 5.32 Å². The number of nitrogens with one attached hydrogen (secondary N) is 1. The number of hydrogen-bond donors (Lipinski definition) is 1. The number of benzene rings is 2. The van der Waals surface area contributed by atoms with E-state index in [-0.39, 0.29) is 18.2 Å². The second-order valence-electron chi connectivity index (χ2n) is 6.03. The number of rotatable bonds is 7. The normalized spacial score (nSPS) is 11.7. The lowest BCUT2D eigenvalue weighted by Crippen LogP contribution is -2.48. The van der Waals surface area contributed by atoms with Crippen molar-refractivity contribution in [2.75, 3.05) is 13.6 Å². The largest absolute Gasteiger partial charge is 0.357 e. The summed E-state index contributed by atoms with van der Waals surface area (Å²) in [6.45, 7) is 2.17. The lowest BCUT2D eigenvalue weighted by Gasteiger charge is -2.28. The van der Waals surface area contributed by atoms with E-state index in [1.165, 1.54) is 0 Å². The van der Waals surface area contributed by atoms with Gasteiger partial charge in [0, 0.05) is 23.6 Å². The molecule has 0 bridgehead atoms. The first-order valence-electron chi connectivity index (χ1n) is 8.41. The summed E-state index contributed by atoms with van der Waals surface area (Å²) in [5.74, 6) is -0.352. The topological polar surface area (TPSA) is 49.4 Å². The zero-order valence-electron chi connectivity index (χ0n) is 14.8. The summed E-state index contributed by atoms with van der Waals surface area (Å²) >= 11 is 12.1. The molecule has 0 aromatic heterocycles. The van der Waals surface area contributed by atoms with Gasteiger partial charge in [0.2, 0.25) is 11.8 Å². The molecule has 138 valence electrons. The summed E-state index contributed by atoms with van der Waals surface area (Å²) < 4.78 is 0. The van der Waals surface area contributed by atoms with Crippen LogP contribution in [0, 0.1) is 0 Å². The van der Waals surface area contributed by atoms with E-state index in [0.717, 1.165) is 5.56 Å². The molecule has 2 amide bonds. The predicted octanol–water partition coefficient (Wildman–Crippen LogP) is 3.74. The third-order valence-electron chi connectivity index (χ3n) is 4.25. The first kappa shape index (κ1) is 20.3. The van der Waals surface area contributed by atoms with Gasteiger partial charge in [-0.05, 0) is 36.6 Å². The Balaban J connectivity index is 2.15. The summed E-state index contributed by atoms with van der Waals surface area (Å²) in [5, 5.41) is 3.57. The maximum absolute atomic E-state index is 12.9. The molecule has 2 aromatic rings. The zero-order valence-corrected chi connectivity index (χ0v) is 16.3. The monoisotopic (exact) mass is 392 g/mol. The van der Waals surface area contributed by atoms with Crippen LogP contribution in [0.15, 0.2) is 48.5 Å². The van der Waals surface area contributed by atoms with E-state index in [0.29, 0.717) is 28.6 Å². The smallest absolute Gasteiger partial charge is 0.242 e. The van der Waals surface area contributed by atoms with E-state index >= 15 is 0 Å². The Hall–Kier alpha value is -2.04. The molecule has 6 heteroatoms. The fraction of sp³-hybridized carbons (Fsp3) is 0.300. The number of hydrogen-bond acceptors (Lipinski definition) is 2. The van der Waals surface area contributed by atoms with Gasteiger partial charge in [-0.2, -0.15) is 0 Å². The van der Waals surface area contributed by atoms with Crippen LogP contribution in [-0.4, -0.2) is 36.3 Å². The standard InChI is InChI=1S/C20H22Cl2N2O2/c1-14(20(26)23-2)24(11-10-15-6-4-3-5-7-15)19(25)12-16-8-9-17(21)13-18(16)22/h3-9,13-14H,10-12H2,1-2H3,(H,23,26)/t14-/m0/s1. The number of carbonyl (C=O) groups is 2. The molecular weight excluding hydrogens is 371 g/mol. The van der Waals surface area contributed by atoms with Crippen LogP contribution in [0.5, 0.6) is 0 Å². The summed E-state index contributed by atoms with van der Waals surface area (Å²) in [5.41, 5.74) is 1.80. The minimum absolute atomic E-state index is 0.117. The van der Waals surface area contributed by atoms with Gasteiger partial charge in [-0.25, -0.2) is 0 Å². The van der Waals surface area contributed by atoms with Crippen molar-refractivity contribution in [2.45, 2.75) is 25.8 Å². The summed E-state index contributed by atoms with van der Waals surface area (Å²) in [4.78, 5) is 26.6. The van der Waals surface area contributed by atoms with Crippen LogP contribution in [0.2, 0.25) is 10.0 Å². The quantitative estimate of drug-likeness (QED) is 0.779. The van der Waals surface area contributed by atoms with Gasteiger partial charge in [0.25, 0.3) is 0 Å². The second kappa shape index (κ2) is 9.60. The van der Waals surface area contributed by atoms with Crippen molar-refractivity contribution in [3.63, 3.8) is 0 Å². The highest BCUT2D eigenvalue weighted by atomic mass is 35.5. The van der Waals surface area contributed by atoms with E-state index in [1.807, 2.05) is 30.3 Å². The molecule has 26 heavy (non-hydrogen) atoms. The summed E-state index contributed by atoms with van der Waals surface area (Å²) in [6.07, 6.45) is 0.786. The molecule has 2 rings (SSSR count). The molecule has 1 N–H and O–H groups in total. The first-order chi connectivity index (χ1) is 12.4. The zero-order chi connectivity index (χ0) is 19.1. The number of carbonyl (C=O) groups excluding carboxylic acids is 2. The van der Waals surface area contributed by atoms with Crippen molar-refractivity contribution in [3.8, 4) is 0 Å². The van der Waals surface area contributed by atoms with Gasteiger partial charge >= 0.3 is 0 Å². The Kier molecular flexibility index (Phi) is 7.49. The molecule has 0 radical (unpaired) electrons. The fourth-order valence-electron chi connectivity index (χ4n) is 2.71. The van der Waals surface area contributed by atoms with Crippen LogP contribution in [0.4, 0.5) is 0 Å². The van der Waals surface area contributed by atoms with Gasteiger partial charge in [-0.3, -0.25) is 9.59 Å². The van der Waals surface area contributed by atoms with Crippen LogP contribution in [0.1, 0.15) is 18.1 Å². The summed E-state index contributed by atoms with van der Waals surface area (Å²) in [7, 11) is 1.56. The molecule has 4 nitrogen and oxygen atoms in total. The van der Waals surface area contributed by atoms with Crippen molar-refractivity contribution in [3.05, 3.63) is 69.7 Å². The molecule has 0 heterocycles. The minimum Gasteiger partial charge on any atom is -0.357 e. The SMILES string of the molecule is CNC(=O)[C@H](C)N(CCc1ccccc1)C(=O)Cc1ccc(Cl)cc1Cl. The van der Waals surface area contributed by atoms with Crippen LogP contribution in [0.25, 0.3) is 0 Å². The molecule has 0 unspecified atom stereocenters. The second-order valence-corrected chi connectivity index (χ2v) is 6.87. The lowest BCUT2D eigenvalue weighted by molar-refractivity contribution is -0.139. The molecule has 1 atom stereocenters. The number of nitrogens with zero attached hydrogens (tertiary/aromatic N) is 1. The Morgan fingerprint density at radius 3 is 2.42 bits per heavy atom. The van der Waals surface area contributed by atoms with Gasteiger partial charge in [0.15, 0.2) is 0 Å². The van der Waals surface area contributed by atoms with Crippen molar-refractivity contribution in [2.24, 2.45) is 0 Å². The highest BCUT2D eigenvalue weighted by Gasteiger charge is 2.25. The lowest BCUT2D eigenvalue weighted by atomic mass is 10.1. The Bertz CT molecular complexity index is 766. The van der Waals surface area contributed by atoms with Crippen molar-refractivity contribution in [1.82, 2.24) is 10.2 Å². The first-order valence-corrected chi connectivity index (χ1v) is 9.17. The van der Waals surface area contributed by atoms with Crippen molar-refractivity contribution in [1.29, 1.82) is 0 Å². The molecule has 0 aliphatic rings. The highest BCUT2D eigenvalue weighted by molar-refractivity contribution is 6.35. The van der Waals surface area contributed by atoms with E-state index in [4.69, 9.17) is 23.2 Å². The fourth-order valence-corrected chi connectivity index (χ4v) is 3.18. The van der Waals surface area contributed by atoms with Crippen LogP contribution >= 0.6 is 23.2 Å². The van der Waals surface area contributed by atoms with E-state index in [1.54, 1.807) is 37.1 Å². The van der Waals surface area contributed by atoms with Crippen LogP contribution in [-0.2, 0) is 22.4 Å². The molecule has 0 aliphatic heterocycles. The predicted molar refractivity (Wildman–Crippen MR) is 106 cm³/mol. The van der Waals surface area contributed by atoms with E-state index < -0.39 is 6.04 Å². The maximum atomic E-state index is 12.9. The highest BCUT2D eigenvalue weighted by Crippen LogP contribution is 2.22. The number of likely N-dealkylation sites (N-methyl/N-ethyl adjacent to an activating group) is 1. The molecule has 0 fully saturated rings. The number of halogens is 2. The third-order valence-corrected chi connectivity index (χ3v) is 4.84. The van der Waals surface area contributed by atoms with Crippen molar-refractivity contribution < 1.29 is 9.59 Å². The molecule has 0 saturated heterocycles. The summed E-state index contributed by atoms with van der Waals surface area (Å²) in [6, 6.07) is 14.3. The van der Waals surface area contributed by atoms with Gasteiger partial charge in [0.1, 0.15) is 6.04 Å². The van der Waals surface area contributed by atoms with Crippen LogP contribution in [0.3, 0.4) is 0 Å². The molecule has 0 aliphatic carbocycles. The van der Waals surface area contributed by atoms with E-state index in [9.17, 15) is 9.59 Å². The third kappa shape index (κ3) is 5.48. The Morgan fingerprint density at radius 1 is 1.12 bits per heavy atom. The average molecular weight is 393 g/mol. The van der Waals surface area contributed by atoms with Gasteiger partial charge in [-0.15, -0.1) is 0 Å². The Morgan fingerprint density at radius 2 is 1.81 bits per heavy atom. The molecular formula is C20H22Cl2N2O2. The molecule has 0 spiro atoms. The Labute approximate surface area is 164 Å². The van der Waals surface area contributed by atoms with Gasteiger partial charge in [-0.1, -0.05) is 59.6 Å². The van der Waals surface area contributed by atoms with Gasteiger partial charge < -0.3 is 10.2 Å². The molecule has 2 aromatic carbocycles. The van der Waals surface area contributed by atoms with Crippen LogP contribution < -0.4 is 5.32 Å². The minimum atomic E-state index is -0.567. The van der Waals surface area contributed by atoms with Gasteiger partial charge in [0.05, 0.1) is 6.42 Å². The van der Waals surface area contributed by atoms with Crippen molar-refractivity contribution >= 4 is 35.0 Å². The number of amides is 2.